The summed E-state index contributed by atoms with van der Waals surface area (Å²) in [6.07, 6.45) is 0. The van der Waals surface area contributed by atoms with Crippen LogP contribution in [0.4, 0.5) is 10.1 Å². The molecular weight excluding hydrogens is 293 g/mol. The van der Waals surface area contributed by atoms with Gasteiger partial charge in [0.25, 0.3) is 0 Å². The van der Waals surface area contributed by atoms with Gasteiger partial charge in [0.1, 0.15) is 0 Å². The lowest BCUT2D eigenvalue weighted by Crippen LogP contribution is -2.22. The van der Waals surface area contributed by atoms with Crippen molar-refractivity contribution in [3.63, 3.8) is 0 Å². The van der Waals surface area contributed by atoms with Gasteiger partial charge in [0.15, 0.2) is 17.5 Å². The van der Waals surface area contributed by atoms with Crippen LogP contribution in [-0.4, -0.2) is 12.6 Å². The molecule has 4 nitrogen and oxygen atoms in total. The lowest BCUT2D eigenvalue weighted by molar-refractivity contribution is 0.321. The van der Waals surface area contributed by atoms with E-state index >= 15 is 0 Å². The first kappa shape index (κ1) is 16.8. The van der Waals surface area contributed by atoms with E-state index in [1.165, 1.54) is 6.07 Å². The molecule has 0 saturated carbocycles. The summed E-state index contributed by atoms with van der Waals surface area (Å²) in [7, 11) is 0. The molecule has 5 heteroatoms. The average Bonchev–Trinajstić information content (AvgIpc) is 2.47. The van der Waals surface area contributed by atoms with E-state index in [1.807, 2.05) is 32.9 Å². The highest BCUT2D eigenvalue weighted by Gasteiger charge is 2.04. The van der Waals surface area contributed by atoms with Crippen LogP contribution in [0.15, 0.2) is 41.4 Å². The number of ether oxygens (including phenoxy) is 1. The topological polar surface area (TPSA) is 59.6 Å². The molecule has 0 heterocycles. The standard InChI is InChI=1S/C18H22FN3O/c1-4-23-17-6-5-14(10-16(17)19)11-21-18(20)22-15-8-12(2)7-13(3)9-15/h5-10H,4,11H2,1-3H3,(H3,20,21,22). The summed E-state index contributed by atoms with van der Waals surface area (Å²) >= 11 is 0. The molecule has 0 fully saturated rings. The number of guanidine groups is 1. The van der Waals surface area contributed by atoms with Crippen molar-refractivity contribution in [3.05, 3.63) is 58.9 Å². The molecule has 0 aliphatic rings. The summed E-state index contributed by atoms with van der Waals surface area (Å²) in [6.45, 7) is 6.59. The lowest BCUT2D eigenvalue weighted by Gasteiger charge is -2.08. The second-order valence-electron chi connectivity index (χ2n) is 5.40. The van der Waals surface area contributed by atoms with Gasteiger partial charge in [-0.3, -0.25) is 0 Å². The largest absolute Gasteiger partial charge is 0.491 e. The van der Waals surface area contributed by atoms with E-state index in [0.29, 0.717) is 19.1 Å². The Morgan fingerprint density at radius 1 is 1.17 bits per heavy atom. The van der Waals surface area contributed by atoms with Crippen LogP contribution in [0.1, 0.15) is 23.6 Å². The van der Waals surface area contributed by atoms with Gasteiger partial charge in [-0.1, -0.05) is 12.1 Å². The van der Waals surface area contributed by atoms with Crippen molar-refractivity contribution in [1.82, 2.24) is 0 Å². The Balaban J connectivity index is 2.03. The molecule has 0 radical (unpaired) electrons. The van der Waals surface area contributed by atoms with Crippen molar-refractivity contribution in [2.45, 2.75) is 27.3 Å². The second-order valence-corrected chi connectivity index (χ2v) is 5.40. The highest BCUT2D eigenvalue weighted by atomic mass is 19.1. The number of nitrogens with zero attached hydrogens (tertiary/aromatic N) is 1. The summed E-state index contributed by atoms with van der Waals surface area (Å²) in [6, 6.07) is 10.9. The van der Waals surface area contributed by atoms with Gasteiger partial charge >= 0.3 is 0 Å². The number of anilines is 1. The predicted octanol–water partition coefficient (Wildman–Crippen LogP) is 3.77. The zero-order valence-electron chi connectivity index (χ0n) is 13.7. The van der Waals surface area contributed by atoms with Crippen LogP contribution in [0, 0.1) is 19.7 Å². The molecule has 0 spiro atoms. The number of nitrogens with one attached hydrogen (secondary N) is 1. The van der Waals surface area contributed by atoms with Crippen molar-refractivity contribution in [2.24, 2.45) is 10.7 Å². The number of hydrogen-bond acceptors (Lipinski definition) is 2. The first-order chi connectivity index (χ1) is 11.0. The molecule has 23 heavy (non-hydrogen) atoms. The van der Waals surface area contributed by atoms with E-state index in [9.17, 15) is 4.39 Å². The SMILES string of the molecule is CCOc1ccc(CN=C(N)Nc2cc(C)cc(C)c2)cc1F. The number of hydrogen-bond donors (Lipinski definition) is 2. The Morgan fingerprint density at radius 3 is 2.48 bits per heavy atom. The maximum Gasteiger partial charge on any atom is 0.193 e. The quantitative estimate of drug-likeness (QED) is 0.652. The third kappa shape index (κ3) is 4.98. The predicted molar refractivity (Wildman–Crippen MR) is 92.4 cm³/mol. The highest BCUT2D eigenvalue weighted by molar-refractivity contribution is 5.92. The Bertz CT molecular complexity index is 693. The number of aryl methyl sites for hydroxylation is 2. The Kier molecular flexibility index (Phi) is 5.57. The fourth-order valence-electron chi connectivity index (χ4n) is 2.33. The third-order valence-corrected chi connectivity index (χ3v) is 3.22. The Morgan fingerprint density at radius 2 is 1.87 bits per heavy atom. The maximum absolute atomic E-state index is 13.8. The first-order valence-corrected chi connectivity index (χ1v) is 7.54. The highest BCUT2D eigenvalue weighted by Crippen LogP contribution is 2.19. The fourth-order valence-corrected chi connectivity index (χ4v) is 2.33. The van der Waals surface area contributed by atoms with Crippen LogP contribution in [0.3, 0.4) is 0 Å². The number of nitrogens with two attached hydrogens (primary N) is 1. The smallest absolute Gasteiger partial charge is 0.193 e. The minimum Gasteiger partial charge on any atom is -0.491 e. The van der Waals surface area contributed by atoms with Crippen LogP contribution < -0.4 is 15.8 Å². The van der Waals surface area contributed by atoms with E-state index in [0.717, 1.165) is 22.4 Å². The monoisotopic (exact) mass is 315 g/mol. The second kappa shape index (κ2) is 7.63. The fraction of sp³-hybridized carbons (Fsp3) is 0.278. The van der Waals surface area contributed by atoms with Crippen molar-refractivity contribution in [3.8, 4) is 5.75 Å². The van der Waals surface area contributed by atoms with Gasteiger partial charge < -0.3 is 15.8 Å². The number of rotatable bonds is 5. The zero-order valence-corrected chi connectivity index (χ0v) is 13.7. The molecule has 0 amide bonds. The van der Waals surface area contributed by atoms with Crippen molar-refractivity contribution < 1.29 is 9.13 Å². The summed E-state index contributed by atoms with van der Waals surface area (Å²) in [5.74, 6) is 0.159. The van der Waals surface area contributed by atoms with Gasteiger partial charge in [-0.2, -0.15) is 0 Å². The van der Waals surface area contributed by atoms with Crippen LogP contribution >= 0.6 is 0 Å². The molecule has 0 atom stereocenters. The summed E-state index contributed by atoms with van der Waals surface area (Å²) in [5, 5.41) is 3.05. The Hall–Kier alpha value is -2.56. The molecule has 122 valence electrons. The van der Waals surface area contributed by atoms with E-state index in [-0.39, 0.29) is 11.6 Å². The van der Waals surface area contributed by atoms with Crippen LogP contribution in [0.2, 0.25) is 0 Å². The molecule has 0 bridgehead atoms. The molecule has 0 aliphatic heterocycles. The molecule has 0 unspecified atom stereocenters. The van der Waals surface area contributed by atoms with Crippen LogP contribution in [-0.2, 0) is 6.54 Å². The van der Waals surface area contributed by atoms with Gasteiger partial charge in [-0.25, -0.2) is 9.38 Å². The maximum atomic E-state index is 13.8. The summed E-state index contributed by atoms with van der Waals surface area (Å²) in [4.78, 5) is 4.24. The van der Waals surface area contributed by atoms with Gasteiger partial charge in [0.2, 0.25) is 0 Å². The molecule has 2 rings (SSSR count). The number of aliphatic imine (C=N–C) groups is 1. The van der Waals surface area contributed by atoms with E-state index in [2.05, 4.69) is 16.4 Å². The van der Waals surface area contributed by atoms with Crippen molar-refractivity contribution in [2.75, 3.05) is 11.9 Å². The zero-order chi connectivity index (χ0) is 16.8. The molecule has 0 aromatic heterocycles. The normalized spacial score (nSPS) is 11.4. The first-order valence-electron chi connectivity index (χ1n) is 7.54. The van der Waals surface area contributed by atoms with Crippen molar-refractivity contribution >= 4 is 11.6 Å². The Labute approximate surface area is 136 Å². The van der Waals surface area contributed by atoms with Crippen molar-refractivity contribution in [1.29, 1.82) is 0 Å². The van der Waals surface area contributed by atoms with E-state index in [4.69, 9.17) is 10.5 Å². The van der Waals surface area contributed by atoms with E-state index < -0.39 is 0 Å². The number of halogens is 1. The van der Waals surface area contributed by atoms with Gasteiger partial charge in [-0.15, -0.1) is 0 Å². The minimum absolute atomic E-state index is 0.251. The van der Waals surface area contributed by atoms with Gasteiger partial charge in [0, 0.05) is 5.69 Å². The summed E-state index contributed by atoms with van der Waals surface area (Å²) in [5.41, 5.74) is 9.81. The molecular formula is C18H22FN3O. The van der Waals surface area contributed by atoms with E-state index in [1.54, 1.807) is 12.1 Å². The summed E-state index contributed by atoms with van der Waals surface area (Å²) < 4.78 is 18.9. The molecule has 3 N–H and O–H groups in total. The molecule has 0 aliphatic carbocycles. The number of benzene rings is 2. The van der Waals surface area contributed by atoms with Crippen LogP contribution in [0.25, 0.3) is 0 Å². The average molecular weight is 315 g/mol. The minimum atomic E-state index is -0.389. The van der Waals surface area contributed by atoms with Gasteiger partial charge in [-0.05, 0) is 61.7 Å². The lowest BCUT2D eigenvalue weighted by atomic mass is 10.1. The molecule has 0 saturated heterocycles. The molecule has 2 aromatic rings. The van der Waals surface area contributed by atoms with Gasteiger partial charge in [0.05, 0.1) is 13.2 Å². The van der Waals surface area contributed by atoms with Crippen LogP contribution in [0.5, 0.6) is 5.75 Å². The molecule has 2 aromatic carbocycles. The third-order valence-electron chi connectivity index (χ3n) is 3.22.